The van der Waals surface area contributed by atoms with Gasteiger partial charge < -0.3 is 14.9 Å². The van der Waals surface area contributed by atoms with Crippen molar-refractivity contribution in [1.29, 1.82) is 0 Å². The van der Waals surface area contributed by atoms with Gasteiger partial charge in [-0.25, -0.2) is 0 Å². The summed E-state index contributed by atoms with van der Waals surface area (Å²) in [6.07, 6.45) is 0.00473. The number of benzene rings is 1. The fourth-order valence-corrected chi connectivity index (χ4v) is 2.31. The highest BCUT2D eigenvalue weighted by atomic mass is 16.4. The second-order valence-electron chi connectivity index (χ2n) is 4.86. The van der Waals surface area contributed by atoms with Crippen LogP contribution in [0.2, 0.25) is 0 Å². The maximum absolute atomic E-state index is 12.5. The number of carboxylic acids is 1. The molecule has 5 nitrogen and oxygen atoms in total. The smallest absolute Gasteiger partial charge is 0.305 e. The second kappa shape index (κ2) is 8.29. The minimum Gasteiger partial charge on any atom is -0.481 e. The molecule has 0 spiro atoms. The molecular formula is C16H24N2O3. The van der Waals surface area contributed by atoms with E-state index in [4.69, 9.17) is 5.11 Å². The Balaban J connectivity index is 2.94. The minimum absolute atomic E-state index is 0.00473. The maximum atomic E-state index is 12.5. The lowest BCUT2D eigenvalue weighted by molar-refractivity contribution is -0.137. The number of amides is 1. The number of nitrogens with zero attached hydrogens (tertiary/aromatic N) is 2. The molecule has 5 heteroatoms. The molecule has 1 N–H and O–H groups in total. The van der Waals surface area contributed by atoms with Crippen LogP contribution in [0.25, 0.3) is 0 Å². The molecule has 1 unspecified atom stereocenters. The van der Waals surface area contributed by atoms with Gasteiger partial charge in [0.15, 0.2) is 0 Å². The third kappa shape index (κ3) is 4.77. The topological polar surface area (TPSA) is 60.9 Å². The molecule has 21 heavy (non-hydrogen) atoms. The third-order valence-electron chi connectivity index (χ3n) is 3.55. The van der Waals surface area contributed by atoms with Gasteiger partial charge in [0.2, 0.25) is 5.91 Å². The van der Waals surface area contributed by atoms with E-state index in [1.54, 1.807) is 4.90 Å². The number of aliphatic carboxylic acids is 1. The third-order valence-corrected chi connectivity index (χ3v) is 3.55. The number of hydrogen-bond acceptors (Lipinski definition) is 3. The van der Waals surface area contributed by atoms with Gasteiger partial charge in [-0.1, -0.05) is 18.2 Å². The lowest BCUT2D eigenvalue weighted by Crippen LogP contribution is -2.48. The molecular weight excluding hydrogens is 268 g/mol. The molecule has 1 rings (SSSR count). The normalized spacial score (nSPS) is 11.8. The molecule has 116 valence electrons. The SMILES string of the molecule is CCN(CC)C(=O)C(C)N(CCC(=O)O)c1ccccc1. The molecule has 0 radical (unpaired) electrons. The van der Waals surface area contributed by atoms with Gasteiger partial charge in [-0.15, -0.1) is 0 Å². The van der Waals surface area contributed by atoms with Gasteiger partial charge in [0.1, 0.15) is 6.04 Å². The van der Waals surface area contributed by atoms with E-state index in [9.17, 15) is 9.59 Å². The van der Waals surface area contributed by atoms with Crippen molar-refractivity contribution in [2.24, 2.45) is 0 Å². The number of rotatable bonds is 8. The molecule has 1 aromatic carbocycles. The van der Waals surface area contributed by atoms with Crippen molar-refractivity contribution in [3.63, 3.8) is 0 Å². The van der Waals surface area contributed by atoms with E-state index in [0.717, 1.165) is 5.69 Å². The first-order valence-electron chi connectivity index (χ1n) is 7.33. The molecule has 0 aliphatic heterocycles. The Morgan fingerprint density at radius 1 is 1.14 bits per heavy atom. The fourth-order valence-electron chi connectivity index (χ4n) is 2.31. The van der Waals surface area contributed by atoms with Gasteiger partial charge in [-0.2, -0.15) is 0 Å². The number of likely N-dealkylation sites (N-methyl/N-ethyl adjacent to an activating group) is 1. The average Bonchev–Trinajstić information content (AvgIpc) is 2.49. The van der Waals surface area contributed by atoms with Crippen molar-refractivity contribution in [1.82, 2.24) is 4.90 Å². The van der Waals surface area contributed by atoms with Crippen LogP contribution in [-0.2, 0) is 9.59 Å². The summed E-state index contributed by atoms with van der Waals surface area (Å²) in [5.74, 6) is -0.840. The zero-order chi connectivity index (χ0) is 15.8. The van der Waals surface area contributed by atoms with Crippen LogP contribution in [0.15, 0.2) is 30.3 Å². The predicted octanol–water partition coefficient (Wildman–Crippen LogP) is 2.22. The molecule has 1 amide bonds. The van der Waals surface area contributed by atoms with Gasteiger partial charge in [0.05, 0.1) is 6.42 Å². The van der Waals surface area contributed by atoms with Crippen LogP contribution in [0.5, 0.6) is 0 Å². The van der Waals surface area contributed by atoms with E-state index in [0.29, 0.717) is 19.6 Å². The number of carbonyl (C=O) groups excluding carboxylic acids is 1. The van der Waals surface area contributed by atoms with Crippen molar-refractivity contribution in [2.45, 2.75) is 33.2 Å². The van der Waals surface area contributed by atoms with Crippen molar-refractivity contribution in [3.8, 4) is 0 Å². The van der Waals surface area contributed by atoms with Crippen molar-refractivity contribution < 1.29 is 14.7 Å². The van der Waals surface area contributed by atoms with Crippen LogP contribution >= 0.6 is 0 Å². The Hall–Kier alpha value is -2.04. The Morgan fingerprint density at radius 2 is 1.71 bits per heavy atom. The predicted molar refractivity (Wildman–Crippen MR) is 83.4 cm³/mol. The van der Waals surface area contributed by atoms with E-state index in [2.05, 4.69) is 0 Å². The Kier molecular flexibility index (Phi) is 6.72. The lowest BCUT2D eigenvalue weighted by Gasteiger charge is -2.33. The van der Waals surface area contributed by atoms with Crippen LogP contribution < -0.4 is 4.90 Å². The summed E-state index contributed by atoms with van der Waals surface area (Å²) in [6, 6.07) is 9.08. The first-order valence-corrected chi connectivity index (χ1v) is 7.33. The molecule has 0 bridgehead atoms. The van der Waals surface area contributed by atoms with Crippen molar-refractivity contribution in [2.75, 3.05) is 24.5 Å². The second-order valence-corrected chi connectivity index (χ2v) is 4.86. The molecule has 1 aromatic rings. The number of para-hydroxylation sites is 1. The standard InChI is InChI=1S/C16H24N2O3/c1-4-17(5-2)16(21)13(3)18(12-11-15(19)20)14-9-7-6-8-10-14/h6-10,13H,4-5,11-12H2,1-3H3,(H,19,20). The first-order chi connectivity index (χ1) is 10.0. The fraction of sp³-hybridized carbons (Fsp3) is 0.500. The Bertz CT molecular complexity index is 458. The largest absolute Gasteiger partial charge is 0.481 e. The van der Waals surface area contributed by atoms with Crippen LogP contribution in [0.1, 0.15) is 27.2 Å². The molecule has 0 fully saturated rings. The number of anilines is 1. The average molecular weight is 292 g/mol. The van der Waals surface area contributed by atoms with Gasteiger partial charge >= 0.3 is 5.97 Å². The summed E-state index contributed by atoms with van der Waals surface area (Å²) in [6.45, 7) is 7.34. The molecule has 0 aromatic heterocycles. The van der Waals surface area contributed by atoms with E-state index in [1.807, 2.05) is 56.0 Å². The Morgan fingerprint density at radius 3 is 2.19 bits per heavy atom. The highest BCUT2D eigenvalue weighted by Crippen LogP contribution is 2.18. The highest BCUT2D eigenvalue weighted by Gasteiger charge is 2.25. The van der Waals surface area contributed by atoms with E-state index < -0.39 is 5.97 Å². The summed E-state index contributed by atoms with van der Waals surface area (Å²) >= 11 is 0. The minimum atomic E-state index is -0.863. The summed E-state index contributed by atoms with van der Waals surface area (Å²) < 4.78 is 0. The zero-order valence-corrected chi connectivity index (χ0v) is 13.0. The quantitative estimate of drug-likeness (QED) is 0.798. The molecule has 0 aliphatic rings. The van der Waals surface area contributed by atoms with E-state index >= 15 is 0 Å². The summed E-state index contributed by atoms with van der Waals surface area (Å²) in [7, 11) is 0. The summed E-state index contributed by atoms with van der Waals surface area (Å²) in [5.41, 5.74) is 0.867. The van der Waals surface area contributed by atoms with Crippen molar-refractivity contribution in [3.05, 3.63) is 30.3 Å². The summed E-state index contributed by atoms with van der Waals surface area (Å²) in [4.78, 5) is 27.0. The molecule has 0 saturated carbocycles. The van der Waals surface area contributed by atoms with E-state index in [-0.39, 0.29) is 18.4 Å². The van der Waals surface area contributed by atoms with Gasteiger partial charge in [0, 0.05) is 25.3 Å². The van der Waals surface area contributed by atoms with Crippen LogP contribution in [0, 0.1) is 0 Å². The maximum Gasteiger partial charge on any atom is 0.305 e. The van der Waals surface area contributed by atoms with E-state index in [1.165, 1.54) is 0 Å². The number of carbonyl (C=O) groups is 2. The lowest BCUT2D eigenvalue weighted by atomic mass is 10.1. The van der Waals surface area contributed by atoms with Crippen LogP contribution in [0.3, 0.4) is 0 Å². The van der Waals surface area contributed by atoms with Crippen molar-refractivity contribution >= 4 is 17.6 Å². The van der Waals surface area contributed by atoms with Gasteiger partial charge in [-0.05, 0) is 32.9 Å². The van der Waals surface area contributed by atoms with Gasteiger partial charge in [-0.3, -0.25) is 9.59 Å². The molecule has 1 atom stereocenters. The van der Waals surface area contributed by atoms with Crippen LogP contribution in [-0.4, -0.2) is 47.6 Å². The van der Waals surface area contributed by atoms with Crippen LogP contribution in [0.4, 0.5) is 5.69 Å². The molecule has 0 saturated heterocycles. The monoisotopic (exact) mass is 292 g/mol. The summed E-state index contributed by atoms with van der Waals surface area (Å²) in [5, 5.41) is 8.91. The highest BCUT2D eigenvalue weighted by molar-refractivity contribution is 5.85. The molecule has 0 heterocycles. The number of hydrogen-bond donors (Lipinski definition) is 1. The number of carboxylic acid groups (broad SMARTS) is 1. The Labute approximate surface area is 126 Å². The first kappa shape index (κ1) is 17.0. The zero-order valence-electron chi connectivity index (χ0n) is 13.0. The molecule has 0 aliphatic carbocycles. The van der Waals surface area contributed by atoms with Gasteiger partial charge in [0.25, 0.3) is 0 Å².